The van der Waals surface area contributed by atoms with E-state index in [1.807, 2.05) is 0 Å². The summed E-state index contributed by atoms with van der Waals surface area (Å²) >= 11 is 1.62. The first kappa shape index (κ1) is 7.30. The fourth-order valence-corrected chi connectivity index (χ4v) is 1.49. The zero-order valence-corrected chi connectivity index (χ0v) is 6.07. The monoisotopic (exact) mass is 149 g/mol. The van der Waals surface area contributed by atoms with Crippen molar-refractivity contribution in [1.82, 2.24) is 10.9 Å². The third-order valence-corrected chi connectivity index (χ3v) is 2.01. The van der Waals surface area contributed by atoms with Gasteiger partial charge in [-0.2, -0.15) is 0 Å². The predicted molar refractivity (Wildman–Crippen MR) is 37.5 cm³/mol. The lowest BCUT2D eigenvalue weighted by Gasteiger charge is -2.04. The first-order valence-corrected chi connectivity index (χ1v) is 3.68. The van der Waals surface area contributed by atoms with Gasteiger partial charge in [0.1, 0.15) is 5.50 Å². The fraction of sp³-hybridized carbons (Fsp3) is 1.00. The lowest BCUT2D eigenvalue weighted by molar-refractivity contribution is 0.189. The van der Waals surface area contributed by atoms with E-state index in [0.717, 1.165) is 0 Å². The molecule has 1 saturated heterocycles. The third-order valence-electron chi connectivity index (χ3n) is 1.02. The van der Waals surface area contributed by atoms with E-state index >= 15 is 0 Å². The van der Waals surface area contributed by atoms with Crippen molar-refractivity contribution >= 4 is 11.8 Å². The second-order valence-corrected chi connectivity index (χ2v) is 3.14. The van der Waals surface area contributed by atoms with Gasteiger partial charge >= 0.3 is 0 Å². The van der Waals surface area contributed by atoms with Crippen LogP contribution in [-0.4, -0.2) is 24.6 Å². The number of hydrogen-bond acceptors (Lipinski definition) is 5. The Kier molecular flexibility index (Phi) is 2.74. The topological polar surface area (TPSA) is 59.3 Å². The van der Waals surface area contributed by atoms with Gasteiger partial charge in [0.15, 0.2) is 0 Å². The highest BCUT2D eigenvalue weighted by molar-refractivity contribution is 8.00. The average molecular weight is 149 g/mol. The summed E-state index contributed by atoms with van der Waals surface area (Å²) in [7, 11) is 1.67. The van der Waals surface area contributed by atoms with Crippen LogP contribution in [0.25, 0.3) is 0 Å². The highest BCUT2D eigenvalue weighted by atomic mass is 32.2. The zero-order valence-electron chi connectivity index (χ0n) is 5.26. The Labute approximate surface area is 58.5 Å². The molecule has 1 aliphatic rings. The van der Waals surface area contributed by atoms with Crippen LogP contribution in [0.3, 0.4) is 0 Å². The van der Waals surface area contributed by atoms with E-state index in [0.29, 0.717) is 12.0 Å². The molecule has 54 valence electrons. The van der Waals surface area contributed by atoms with Crippen molar-refractivity contribution in [1.29, 1.82) is 0 Å². The molecule has 0 aromatic carbocycles. The van der Waals surface area contributed by atoms with Crippen molar-refractivity contribution in [3.8, 4) is 0 Å². The van der Waals surface area contributed by atoms with Crippen molar-refractivity contribution < 1.29 is 4.74 Å². The quantitative estimate of drug-likeness (QED) is 0.472. The van der Waals surface area contributed by atoms with E-state index < -0.39 is 0 Å². The summed E-state index contributed by atoms with van der Waals surface area (Å²) in [4.78, 5) is 0. The van der Waals surface area contributed by atoms with Crippen molar-refractivity contribution in [3.05, 3.63) is 0 Å². The van der Waals surface area contributed by atoms with Gasteiger partial charge < -0.3 is 10.5 Å². The van der Waals surface area contributed by atoms with Gasteiger partial charge in [0.25, 0.3) is 0 Å². The summed E-state index contributed by atoms with van der Waals surface area (Å²) in [6.45, 7) is 0.686. The number of hydrazine groups is 1. The molecule has 0 bridgehead atoms. The molecule has 0 aliphatic carbocycles. The first-order valence-electron chi connectivity index (χ1n) is 2.74. The maximum atomic E-state index is 5.49. The summed E-state index contributed by atoms with van der Waals surface area (Å²) in [6.07, 6.45) is 0. The normalized spacial score (nSPS) is 35.3. The van der Waals surface area contributed by atoms with Crippen LogP contribution in [0.4, 0.5) is 0 Å². The Morgan fingerprint density at radius 2 is 2.44 bits per heavy atom. The minimum Gasteiger partial charge on any atom is -0.382 e. The highest BCUT2D eigenvalue weighted by Crippen LogP contribution is 2.14. The average Bonchev–Trinajstić information content (AvgIpc) is 2.17. The molecule has 9 heavy (non-hydrogen) atoms. The molecule has 0 amide bonds. The van der Waals surface area contributed by atoms with Gasteiger partial charge in [-0.05, 0) is 0 Å². The molecule has 1 heterocycles. The molecule has 5 heteroatoms. The van der Waals surface area contributed by atoms with Crippen LogP contribution >= 0.6 is 11.8 Å². The minimum atomic E-state index is 0.00477. The van der Waals surface area contributed by atoms with Crippen LogP contribution in [-0.2, 0) is 4.74 Å². The van der Waals surface area contributed by atoms with Gasteiger partial charge in [-0.3, -0.25) is 0 Å². The van der Waals surface area contributed by atoms with E-state index in [1.165, 1.54) is 0 Å². The SMILES string of the molecule is COCC1NNC(N)S1. The Bertz CT molecular complexity index is 89.9. The summed E-state index contributed by atoms with van der Waals surface area (Å²) in [6, 6.07) is 0. The predicted octanol–water partition coefficient (Wildman–Crippen LogP) is -0.958. The van der Waals surface area contributed by atoms with E-state index in [9.17, 15) is 0 Å². The molecule has 0 saturated carbocycles. The number of nitrogens with one attached hydrogen (secondary N) is 2. The lowest BCUT2D eigenvalue weighted by Crippen LogP contribution is -2.38. The number of ether oxygens (including phenoxy) is 1. The Morgan fingerprint density at radius 3 is 2.89 bits per heavy atom. The number of nitrogens with two attached hydrogens (primary N) is 1. The van der Waals surface area contributed by atoms with Gasteiger partial charge in [-0.15, -0.1) is 11.8 Å². The standard InChI is InChI=1S/C4H11N3OS/c1-8-2-3-6-7-4(5)9-3/h3-4,6-7H,2,5H2,1H3. The van der Waals surface area contributed by atoms with Gasteiger partial charge in [-0.25, -0.2) is 10.9 Å². The molecule has 1 fully saturated rings. The Hall–Kier alpha value is 0.190. The van der Waals surface area contributed by atoms with Crippen LogP contribution in [0.15, 0.2) is 0 Å². The second kappa shape index (κ2) is 3.38. The van der Waals surface area contributed by atoms with Gasteiger partial charge in [-0.1, -0.05) is 0 Å². The van der Waals surface area contributed by atoms with Crippen LogP contribution in [0.5, 0.6) is 0 Å². The van der Waals surface area contributed by atoms with Crippen molar-refractivity contribution in [2.75, 3.05) is 13.7 Å². The zero-order chi connectivity index (χ0) is 6.69. The summed E-state index contributed by atoms with van der Waals surface area (Å²) in [5, 5.41) is 0.296. The molecule has 1 rings (SSSR count). The molecule has 0 aromatic rings. The molecule has 0 aromatic heterocycles. The summed E-state index contributed by atoms with van der Waals surface area (Å²) in [5.41, 5.74) is 11.3. The molecule has 4 nitrogen and oxygen atoms in total. The van der Waals surface area contributed by atoms with Gasteiger partial charge in [0.05, 0.1) is 12.0 Å². The fourth-order valence-electron chi connectivity index (χ4n) is 0.652. The number of hydrogen-bond donors (Lipinski definition) is 3. The number of thioether (sulfide) groups is 1. The maximum absolute atomic E-state index is 5.49. The van der Waals surface area contributed by atoms with Gasteiger partial charge in [0, 0.05) is 7.11 Å². The molecule has 2 atom stereocenters. The Balaban J connectivity index is 2.14. The molecule has 2 unspecified atom stereocenters. The third kappa shape index (κ3) is 2.11. The van der Waals surface area contributed by atoms with Gasteiger partial charge in [0.2, 0.25) is 0 Å². The van der Waals surface area contributed by atoms with Crippen LogP contribution in [0.2, 0.25) is 0 Å². The lowest BCUT2D eigenvalue weighted by atomic mass is 10.7. The number of rotatable bonds is 2. The van der Waals surface area contributed by atoms with Crippen molar-refractivity contribution in [2.45, 2.75) is 10.9 Å². The van der Waals surface area contributed by atoms with E-state index in [-0.39, 0.29) is 5.50 Å². The van der Waals surface area contributed by atoms with Crippen LogP contribution < -0.4 is 16.6 Å². The molecule has 4 N–H and O–H groups in total. The van der Waals surface area contributed by atoms with E-state index in [4.69, 9.17) is 10.5 Å². The van der Waals surface area contributed by atoms with Crippen LogP contribution in [0, 0.1) is 0 Å². The molecule has 0 spiro atoms. The maximum Gasteiger partial charge on any atom is 0.117 e. The second-order valence-electron chi connectivity index (χ2n) is 1.79. The number of methoxy groups -OCH3 is 1. The smallest absolute Gasteiger partial charge is 0.117 e. The molecule has 1 aliphatic heterocycles. The molecular weight excluding hydrogens is 138 g/mol. The summed E-state index contributed by atoms with van der Waals surface area (Å²) < 4.78 is 4.90. The molecular formula is C4H11N3OS. The Morgan fingerprint density at radius 1 is 1.67 bits per heavy atom. The minimum absolute atomic E-state index is 0.00477. The summed E-state index contributed by atoms with van der Waals surface area (Å²) in [5.74, 6) is 0. The first-order chi connectivity index (χ1) is 4.33. The van der Waals surface area contributed by atoms with E-state index in [2.05, 4.69) is 10.9 Å². The largest absolute Gasteiger partial charge is 0.382 e. The molecule has 0 radical (unpaired) electrons. The van der Waals surface area contributed by atoms with Crippen molar-refractivity contribution in [2.24, 2.45) is 5.73 Å². The van der Waals surface area contributed by atoms with Crippen LogP contribution in [0.1, 0.15) is 0 Å². The van der Waals surface area contributed by atoms with E-state index in [1.54, 1.807) is 18.9 Å². The highest BCUT2D eigenvalue weighted by Gasteiger charge is 2.19. The van der Waals surface area contributed by atoms with Crippen molar-refractivity contribution in [3.63, 3.8) is 0 Å².